The smallest absolute Gasteiger partial charge is 0.338 e. The monoisotopic (exact) mass is 353 g/mol. The van der Waals surface area contributed by atoms with E-state index in [9.17, 15) is 17.6 Å². The number of rotatable bonds is 6. The fourth-order valence-corrected chi connectivity index (χ4v) is 2.34. The van der Waals surface area contributed by atoms with Crippen molar-refractivity contribution in [3.8, 4) is 5.75 Å². The first kappa shape index (κ1) is 17.9. The van der Waals surface area contributed by atoms with Gasteiger partial charge in [0.2, 0.25) is 10.0 Å². The third kappa shape index (κ3) is 4.77. The molecule has 0 aliphatic rings. The van der Waals surface area contributed by atoms with Crippen LogP contribution in [0.3, 0.4) is 0 Å². The van der Waals surface area contributed by atoms with Crippen LogP contribution in [0.15, 0.2) is 47.4 Å². The van der Waals surface area contributed by atoms with Gasteiger partial charge in [-0.25, -0.2) is 22.7 Å². The molecule has 0 atom stereocenters. The van der Waals surface area contributed by atoms with Gasteiger partial charge in [-0.2, -0.15) is 0 Å². The van der Waals surface area contributed by atoms with Crippen LogP contribution >= 0.6 is 0 Å². The fraction of sp³-hybridized carbons (Fsp3) is 0.188. The Morgan fingerprint density at radius 1 is 1.12 bits per heavy atom. The van der Waals surface area contributed by atoms with Gasteiger partial charge in [-0.1, -0.05) is 6.07 Å². The molecule has 0 bridgehead atoms. The minimum atomic E-state index is -3.75. The summed E-state index contributed by atoms with van der Waals surface area (Å²) in [5, 5.41) is 4.98. The van der Waals surface area contributed by atoms with Crippen molar-refractivity contribution >= 4 is 16.0 Å². The Balaban J connectivity index is 1.82. The number of carbonyl (C=O) groups is 1. The van der Waals surface area contributed by atoms with Gasteiger partial charge in [-0.3, -0.25) is 0 Å². The van der Waals surface area contributed by atoms with E-state index >= 15 is 0 Å². The topological polar surface area (TPSA) is 95.7 Å². The summed E-state index contributed by atoms with van der Waals surface area (Å²) in [4.78, 5) is 11.7. The first-order valence-electron chi connectivity index (χ1n) is 6.96. The van der Waals surface area contributed by atoms with E-state index in [1.807, 2.05) is 0 Å². The number of halogens is 1. The van der Waals surface area contributed by atoms with Crippen LogP contribution in [0, 0.1) is 12.7 Å². The van der Waals surface area contributed by atoms with Gasteiger partial charge in [0.05, 0.1) is 10.5 Å². The molecule has 0 radical (unpaired) electrons. The van der Waals surface area contributed by atoms with Gasteiger partial charge in [-0.15, -0.1) is 0 Å². The summed E-state index contributed by atoms with van der Waals surface area (Å²) in [6.07, 6.45) is 0. The molecule has 0 fully saturated rings. The van der Waals surface area contributed by atoms with Crippen molar-refractivity contribution in [1.29, 1.82) is 0 Å². The summed E-state index contributed by atoms with van der Waals surface area (Å²) < 4.78 is 45.9. The second-order valence-electron chi connectivity index (χ2n) is 4.96. The maximum absolute atomic E-state index is 13.4. The van der Waals surface area contributed by atoms with Crippen LogP contribution < -0.4 is 9.88 Å². The molecule has 0 saturated heterocycles. The molecule has 2 rings (SSSR count). The first-order valence-corrected chi connectivity index (χ1v) is 8.51. The molecule has 128 valence electrons. The average Bonchev–Trinajstić information content (AvgIpc) is 2.53. The molecule has 0 saturated carbocycles. The Morgan fingerprint density at radius 3 is 2.38 bits per heavy atom. The van der Waals surface area contributed by atoms with Crippen molar-refractivity contribution in [3.05, 3.63) is 59.4 Å². The molecule has 8 heteroatoms. The number of aryl methyl sites for hydroxylation is 1. The highest BCUT2D eigenvalue weighted by atomic mass is 32.2. The lowest BCUT2D eigenvalue weighted by molar-refractivity contribution is 0.0450. The quantitative estimate of drug-likeness (QED) is 0.633. The second-order valence-corrected chi connectivity index (χ2v) is 6.53. The van der Waals surface area contributed by atoms with E-state index in [4.69, 9.17) is 14.6 Å². The number of benzene rings is 2. The summed E-state index contributed by atoms with van der Waals surface area (Å²) in [6, 6.07) is 9.60. The van der Waals surface area contributed by atoms with Crippen LogP contribution in [-0.2, 0) is 14.8 Å². The first-order chi connectivity index (χ1) is 11.3. The fourth-order valence-electron chi connectivity index (χ4n) is 1.82. The minimum absolute atomic E-state index is 0.0253. The van der Waals surface area contributed by atoms with Crippen LogP contribution in [0.2, 0.25) is 0 Å². The van der Waals surface area contributed by atoms with Gasteiger partial charge in [0.25, 0.3) is 0 Å². The maximum atomic E-state index is 13.4. The van der Waals surface area contributed by atoms with Crippen molar-refractivity contribution in [2.24, 2.45) is 5.14 Å². The van der Waals surface area contributed by atoms with Crippen molar-refractivity contribution in [3.63, 3.8) is 0 Å². The maximum Gasteiger partial charge on any atom is 0.338 e. The molecule has 0 heterocycles. The van der Waals surface area contributed by atoms with Crippen molar-refractivity contribution in [1.82, 2.24) is 0 Å². The van der Waals surface area contributed by atoms with Crippen molar-refractivity contribution in [2.45, 2.75) is 11.8 Å². The zero-order valence-electron chi connectivity index (χ0n) is 12.9. The highest BCUT2D eigenvalue weighted by molar-refractivity contribution is 7.89. The van der Waals surface area contributed by atoms with E-state index in [1.165, 1.54) is 36.4 Å². The lowest BCUT2D eigenvalue weighted by Gasteiger charge is -2.08. The normalized spacial score (nSPS) is 11.1. The number of hydrogen-bond acceptors (Lipinski definition) is 5. The van der Waals surface area contributed by atoms with Gasteiger partial charge in [0.15, 0.2) is 0 Å². The average molecular weight is 353 g/mol. The van der Waals surface area contributed by atoms with Crippen LogP contribution in [0.25, 0.3) is 0 Å². The zero-order chi connectivity index (χ0) is 17.7. The Labute approximate surface area is 139 Å². The van der Waals surface area contributed by atoms with Gasteiger partial charge >= 0.3 is 5.97 Å². The number of ether oxygens (including phenoxy) is 2. The summed E-state index contributed by atoms with van der Waals surface area (Å²) >= 11 is 0. The van der Waals surface area contributed by atoms with E-state index in [-0.39, 0.29) is 23.7 Å². The van der Waals surface area contributed by atoms with Crippen LogP contribution in [0.1, 0.15) is 15.9 Å². The highest BCUT2D eigenvalue weighted by Crippen LogP contribution is 2.15. The van der Waals surface area contributed by atoms with E-state index in [0.29, 0.717) is 11.3 Å². The summed E-state index contributed by atoms with van der Waals surface area (Å²) in [5.74, 6) is -0.724. The van der Waals surface area contributed by atoms with Crippen LogP contribution in [0.4, 0.5) is 4.39 Å². The molecule has 0 amide bonds. The van der Waals surface area contributed by atoms with E-state index < -0.39 is 21.8 Å². The van der Waals surface area contributed by atoms with Crippen molar-refractivity contribution < 1.29 is 27.1 Å². The Hall–Kier alpha value is -2.45. The molecule has 0 aliphatic carbocycles. The number of carbonyl (C=O) groups excluding carboxylic acids is 1. The molecule has 2 aromatic carbocycles. The van der Waals surface area contributed by atoms with E-state index in [1.54, 1.807) is 6.92 Å². The summed E-state index contributed by atoms with van der Waals surface area (Å²) in [5.41, 5.74) is 0.563. The Kier molecular flexibility index (Phi) is 5.53. The molecular formula is C16H16FNO5S. The van der Waals surface area contributed by atoms with Crippen LogP contribution in [-0.4, -0.2) is 27.6 Å². The molecule has 0 spiro atoms. The molecule has 0 aromatic heterocycles. The Morgan fingerprint density at radius 2 is 1.79 bits per heavy atom. The predicted molar refractivity (Wildman–Crippen MR) is 84.7 cm³/mol. The number of nitrogens with two attached hydrogens (primary N) is 1. The van der Waals surface area contributed by atoms with Crippen molar-refractivity contribution in [2.75, 3.05) is 13.2 Å². The summed E-state index contributed by atoms with van der Waals surface area (Å²) in [6.45, 7) is 1.62. The zero-order valence-corrected chi connectivity index (χ0v) is 13.7. The van der Waals surface area contributed by atoms with E-state index in [0.717, 1.165) is 6.07 Å². The van der Waals surface area contributed by atoms with Crippen LogP contribution in [0.5, 0.6) is 5.75 Å². The standard InChI is InChI=1S/C16H16FNO5S/c1-11-2-3-12(10-15(11)17)16(19)23-9-8-22-13-4-6-14(7-5-13)24(18,20)21/h2-7,10H,8-9H2,1H3,(H2,18,20,21). The lowest BCUT2D eigenvalue weighted by atomic mass is 10.1. The lowest BCUT2D eigenvalue weighted by Crippen LogP contribution is -2.13. The largest absolute Gasteiger partial charge is 0.490 e. The third-order valence-electron chi connectivity index (χ3n) is 3.15. The molecular weight excluding hydrogens is 337 g/mol. The highest BCUT2D eigenvalue weighted by Gasteiger charge is 2.10. The Bertz CT molecular complexity index is 834. The third-order valence-corrected chi connectivity index (χ3v) is 4.07. The van der Waals surface area contributed by atoms with Gasteiger partial charge in [0, 0.05) is 0 Å². The number of esters is 1. The number of hydrogen-bond donors (Lipinski definition) is 1. The second kappa shape index (κ2) is 7.41. The SMILES string of the molecule is Cc1ccc(C(=O)OCCOc2ccc(S(N)(=O)=O)cc2)cc1F. The minimum Gasteiger partial charge on any atom is -0.490 e. The van der Waals surface area contributed by atoms with Gasteiger partial charge < -0.3 is 9.47 Å². The summed E-state index contributed by atoms with van der Waals surface area (Å²) in [7, 11) is -3.75. The molecule has 0 unspecified atom stereocenters. The predicted octanol–water partition coefficient (Wildman–Crippen LogP) is 2.02. The molecule has 2 N–H and O–H groups in total. The number of sulfonamides is 1. The van der Waals surface area contributed by atoms with Gasteiger partial charge in [0.1, 0.15) is 24.8 Å². The number of primary sulfonamides is 1. The van der Waals surface area contributed by atoms with E-state index in [2.05, 4.69) is 0 Å². The molecule has 6 nitrogen and oxygen atoms in total. The molecule has 0 aliphatic heterocycles. The molecule has 2 aromatic rings. The molecule has 24 heavy (non-hydrogen) atoms. The van der Waals surface area contributed by atoms with Gasteiger partial charge in [-0.05, 0) is 48.9 Å².